The van der Waals surface area contributed by atoms with Gasteiger partial charge in [-0.2, -0.15) is 5.10 Å². The number of H-pyrrole nitrogens is 1. The van der Waals surface area contributed by atoms with Gasteiger partial charge in [0.15, 0.2) is 0 Å². The van der Waals surface area contributed by atoms with Crippen LogP contribution in [0.2, 0.25) is 0 Å². The van der Waals surface area contributed by atoms with Crippen LogP contribution in [0.1, 0.15) is 45.9 Å². The summed E-state index contributed by atoms with van der Waals surface area (Å²) in [7, 11) is 0. The first-order valence-electron chi connectivity index (χ1n) is 11.2. The second-order valence-corrected chi connectivity index (χ2v) is 8.72. The van der Waals surface area contributed by atoms with E-state index in [1.165, 1.54) is 0 Å². The second-order valence-electron chi connectivity index (χ2n) is 8.72. The number of aryl methyl sites for hydroxylation is 1. The largest absolute Gasteiger partial charge is 0.464 e. The number of piperidine rings is 1. The Hall–Kier alpha value is -3.13. The fourth-order valence-corrected chi connectivity index (χ4v) is 4.76. The lowest BCUT2D eigenvalue weighted by Gasteiger charge is -2.33. The number of aromatic amines is 1. The summed E-state index contributed by atoms with van der Waals surface area (Å²) in [5.41, 5.74) is 4.31. The summed E-state index contributed by atoms with van der Waals surface area (Å²) in [6, 6.07) is 6.05. The highest BCUT2D eigenvalue weighted by molar-refractivity contribution is 5.95. The summed E-state index contributed by atoms with van der Waals surface area (Å²) in [5, 5.41) is 8.20. The van der Waals surface area contributed by atoms with Gasteiger partial charge in [-0.25, -0.2) is 0 Å². The van der Waals surface area contributed by atoms with Crippen molar-refractivity contribution in [2.24, 2.45) is 0 Å². The highest BCUT2D eigenvalue weighted by atomic mass is 16.5. The zero-order valence-electron chi connectivity index (χ0n) is 18.3. The van der Waals surface area contributed by atoms with E-state index in [1.54, 1.807) is 12.5 Å². The SMILES string of the molecule is Cc1ccc2c(CC(=O)N3CCCC(c4[nH]ncc4C(=O)N4CCOCC4)C3)coc2c1. The number of amides is 2. The molecule has 1 atom stereocenters. The molecular formula is C24H28N4O4. The number of fused-ring (bicyclic) bond motifs is 1. The van der Waals surface area contributed by atoms with Crippen LogP contribution in [0.4, 0.5) is 0 Å². The summed E-state index contributed by atoms with van der Waals surface area (Å²) in [4.78, 5) is 29.9. The molecule has 168 valence electrons. The first-order valence-corrected chi connectivity index (χ1v) is 11.2. The average molecular weight is 437 g/mol. The van der Waals surface area contributed by atoms with E-state index in [-0.39, 0.29) is 17.7 Å². The van der Waals surface area contributed by atoms with Gasteiger partial charge < -0.3 is 19.0 Å². The Balaban J connectivity index is 1.29. The van der Waals surface area contributed by atoms with Gasteiger partial charge in [0.25, 0.3) is 5.91 Å². The Morgan fingerprint density at radius 1 is 1.19 bits per heavy atom. The number of likely N-dealkylation sites (tertiary alicyclic amines) is 1. The number of benzene rings is 1. The van der Waals surface area contributed by atoms with Crippen molar-refractivity contribution in [2.45, 2.75) is 32.1 Å². The Bertz CT molecular complexity index is 1130. The Kier molecular flexibility index (Phi) is 5.70. The van der Waals surface area contributed by atoms with Crippen LogP contribution >= 0.6 is 0 Å². The number of hydrogen-bond acceptors (Lipinski definition) is 5. The fourth-order valence-electron chi connectivity index (χ4n) is 4.76. The molecule has 2 amide bonds. The third-order valence-electron chi connectivity index (χ3n) is 6.53. The number of hydrogen-bond donors (Lipinski definition) is 1. The molecule has 1 unspecified atom stereocenters. The fraction of sp³-hybridized carbons (Fsp3) is 0.458. The molecule has 1 N–H and O–H groups in total. The Morgan fingerprint density at radius 2 is 2.03 bits per heavy atom. The molecule has 8 heteroatoms. The average Bonchev–Trinajstić information content (AvgIpc) is 3.46. The molecule has 8 nitrogen and oxygen atoms in total. The second kappa shape index (κ2) is 8.78. The monoisotopic (exact) mass is 436 g/mol. The minimum atomic E-state index is -0.0133. The van der Waals surface area contributed by atoms with Gasteiger partial charge in [-0.1, -0.05) is 12.1 Å². The van der Waals surface area contributed by atoms with Crippen LogP contribution in [0, 0.1) is 6.92 Å². The lowest BCUT2D eigenvalue weighted by molar-refractivity contribution is -0.131. The van der Waals surface area contributed by atoms with Crippen molar-refractivity contribution in [2.75, 3.05) is 39.4 Å². The van der Waals surface area contributed by atoms with Gasteiger partial charge >= 0.3 is 0 Å². The first-order chi connectivity index (χ1) is 15.6. The van der Waals surface area contributed by atoms with Crippen molar-refractivity contribution in [3.63, 3.8) is 0 Å². The van der Waals surface area contributed by atoms with E-state index in [1.807, 2.05) is 34.9 Å². The van der Waals surface area contributed by atoms with Crippen LogP contribution in [-0.4, -0.2) is 71.2 Å². The van der Waals surface area contributed by atoms with Crippen LogP contribution in [0.25, 0.3) is 11.0 Å². The summed E-state index contributed by atoms with van der Waals surface area (Å²) in [6.07, 6.45) is 5.44. The number of rotatable bonds is 4. The van der Waals surface area contributed by atoms with E-state index in [0.717, 1.165) is 47.2 Å². The van der Waals surface area contributed by atoms with Gasteiger partial charge in [0.2, 0.25) is 5.91 Å². The minimum absolute atomic E-state index is 0.0133. The summed E-state index contributed by atoms with van der Waals surface area (Å²) >= 11 is 0. The maximum atomic E-state index is 13.1. The van der Waals surface area contributed by atoms with Gasteiger partial charge in [-0.15, -0.1) is 0 Å². The summed E-state index contributed by atoms with van der Waals surface area (Å²) < 4.78 is 11.0. The minimum Gasteiger partial charge on any atom is -0.464 e. The Labute approximate surface area is 186 Å². The zero-order chi connectivity index (χ0) is 22.1. The molecule has 2 aromatic heterocycles. The predicted molar refractivity (Wildman–Crippen MR) is 119 cm³/mol. The third-order valence-corrected chi connectivity index (χ3v) is 6.53. The summed E-state index contributed by atoms with van der Waals surface area (Å²) in [5.74, 6) is 0.137. The van der Waals surface area contributed by atoms with E-state index < -0.39 is 0 Å². The quantitative estimate of drug-likeness (QED) is 0.679. The van der Waals surface area contributed by atoms with Gasteiger partial charge in [0, 0.05) is 43.0 Å². The molecule has 1 aromatic carbocycles. The van der Waals surface area contributed by atoms with Crippen LogP contribution in [0.5, 0.6) is 0 Å². The van der Waals surface area contributed by atoms with Crippen molar-refractivity contribution in [3.8, 4) is 0 Å². The van der Waals surface area contributed by atoms with Crippen LogP contribution in [-0.2, 0) is 16.0 Å². The van der Waals surface area contributed by atoms with Gasteiger partial charge in [-0.3, -0.25) is 14.7 Å². The maximum Gasteiger partial charge on any atom is 0.257 e. The molecule has 2 aliphatic heterocycles. The highest BCUT2D eigenvalue weighted by Gasteiger charge is 2.31. The smallest absolute Gasteiger partial charge is 0.257 e. The molecule has 2 fully saturated rings. The molecule has 0 spiro atoms. The molecule has 3 aromatic rings. The standard InChI is InChI=1S/C24H28N4O4/c1-16-4-5-19-18(15-32-21(19)11-16)12-22(29)28-6-2-3-17(14-28)23-20(13-25-26-23)24(30)27-7-9-31-10-8-27/h4-5,11,13,15,17H,2-3,6-10,12,14H2,1H3,(H,25,26). The third kappa shape index (κ3) is 4.02. The number of aromatic nitrogens is 2. The number of morpholine rings is 1. The van der Waals surface area contributed by atoms with Crippen molar-refractivity contribution in [1.29, 1.82) is 0 Å². The normalized spacial score (nSPS) is 19.5. The van der Waals surface area contributed by atoms with Crippen LogP contribution in [0.15, 0.2) is 35.1 Å². The van der Waals surface area contributed by atoms with Crippen molar-refractivity contribution < 1.29 is 18.7 Å². The van der Waals surface area contributed by atoms with Crippen molar-refractivity contribution in [1.82, 2.24) is 20.0 Å². The van der Waals surface area contributed by atoms with Crippen molar-refractivity contribution in [3.05, 3.63) is 53.0 Å². The molecular weight excluding hydrogens is 408 g/mol. The van der Waals surface area contributed by atoms with Gasteiger partial charge in [0.1, 0.15) is 5.58 Å². The maximum absolute atomic E-state index is 13.1. The molecule has 5 rings (SSSR count). The number of furan rings is 1. The molecule has 0 saturated carbocycles. The molecule has 0 radical (unpaired) electrons. The van der Waals surface area contributed by atoms with Crippen LogP contribution in [0.3, 0.4) is 0 Å². The zero-order valence-corrected chi connectivity index (χ0v) is 18.3. The number of carbonyl (C=O) groups excluding carboxylic acids is 2. The van der Waals surface area contributed by atoms with E-state index >= 15 is 0 Å². The topological polar surface area (TPSA) is 91.7 Å². The van der Waals surface area contributed by atoms with E-state index in [2.05, 4.69) is 10.2 Å². The molecule has 32 heavy (non-hydrogen) atoms. The molecule has 4 heterocycles. The number of nitrogens with zero attached hydrogens (tertiary/aromatic N) is 3. The van der Waals surface area contributed by atoms with E-state index in [4.69, 9.17) is 9.15 Å². The summed E-state index contributed by atoms with van der Waals surface area (Å²) in [6.45, 7) is 5.65. The van der Waals surface area contributed by atoms with Crippen molar-refractivity contribution >= 4 is 22.8 Å². The number of carbonyl (C=O) groups is 2. The van der Waals surface area contributed by atoms with Crippen LogP contribution < -0.4 is 0 Å². The number of ether oxygens (including phenoxy) is 1. The lowest BCUT2D eigenvalue weighted by atomic mass is 9.91. The van der Waals surface area contributed by atoms with E-state index in [0.29, 0.717) is 44.8 Å². The van der Waals surface area contributed by atoms with Gasteiger partial charge in [-0.05, 0) is 31.4 Å². The van der Waals surface area contributed by atoms with E-state index in [9.17, 15) is 9.59 Å². The molecule has 2 saturated heterocycles. The highest BCUT2D eigenvalue weighted by Crippen LogP contribution is 2.30. The molecule has 0 aliphatic carbocycles. The first kappa shape index (κ1) is 20.8. The van der Waals surface area contributed by atoms with Gasteiger partial charge in [0.05, 0.1) is 43.4 Å². The molecule has 2 aliphatic rings. The predicted octanol–water partition coefficient (Wildman–Crippen LogP) is 2.89. The Morgan fingerprint density at radius 3 is 2.88 bits per heavy atom. The number of nitrogens with one attached hydrogen (secondary N) is 1. The lowest BCUT2D eigenvalue weighted by Crippen LogP contribution is -2.42. The molecule has 0 bridgehead atoms.